The lowest BCUT2D eigenvalue weighted by Crippen LogP contribution is -2.27. The molecule has 2 rings (SSSR count). The minimum atomic E-state index is -1.20. The number of carbonyl (C=O) groups is 2. The second-order valence-electron chi connectivity index (χ2n) is 3.96. The summed E-state index contributed by atoms with van der Waals surface area (Å²) < 4.78 is 0. The van der Waals surface area contributed by atoms with E-state index in [-0.39, 0.29) is 5.70 Å². The number of pyridine rings is 1. The van der Waals surface area contributed by atoms with Crippen molar-refractivity contribution in [3.63, 3.8) is 0 Å². The minimum absolute atomic E-state index is 0.190. The molecule has 0 aliphatic carbocycles. The van der Waals surface area contributed by atoms with Crippen molar-refractivity contribution < 1.29 is 14.7 Å². The fourth-order valence-corrected chi connectivity index (χ4v) is 1.56. The van der Waals surface area contributed by atoms with Crippen molar-refractivity contribution >= 4 is 18.0 Å². The molecule has 1 amide bonds. The lowest BCUT2D eigenvalue weighted by molar-refractivity contribution is -0.132. The van der Waals surface area contributed by atoms with Crippen LogP contribution in [0.25, 0.3) is 6.08 Å². The lowest BCUT2D eigenvalue weighted by atomic mass is 10.2. The van der Waals surface area contributed by atoms with Gasteiger partial charge < -0.3 is 10.4 Å². The topological polar surface area (TPSA) is 79.3 Å². The van der Waals surface area contributed by atoms with E-state index in [9.17, 15) is 9.59 Å². The summed E-state index contributed by atoms with van der Waals surface area (Å²) in [5.74, 6) is -1.67. The molecule has 0 spiro atoms. The molecule has 0 fully saturated rings. The molecular weight excluding hydrogens is 256 g/mol. The molecule has 20 heavy (non-hydrogen) atoms. The molecular formula is C15H12N2O3. The maximum atomic E-state index is 11.9. The van der Waals surface area contributed by atoms with Gasteiger partial charge in [0, 0.05) is 18.0 Å². The Labute approximate surface area is 115 Å². The first-order valence-corrected chi connectivity index (χ1v) is 5.88. The molecule has 0 aliphatic heterocycles. The van der Waals surface area contributed by atoms with Crippen LogP contribution in [0.1, 0.15) is 15.9 Å². The highest BCUT2D eigenvalue weighted by atomic mass is 16.4. The minimum Gasteiger partial charge on any atom is -0.477 e. The number of nitrogens with zero attached hydrogens (tertiary/aromatic N) is 1. The largest absolute Gasteiger partial charge is 0.477 e. The molecule has 1 aromatic heterocycles. The van der Waals surface area contributed by atoms with E-state index in [0.29, 0.717) is 11.1 Å². The van der Waals surface area contributed by atoms with Gasteiger partial charge in [-0.1, -0.05) is 18.2 Å². The SMILES string of the molecule is O=C(O)/C(=C/c1ccncc1)NC(=O)c1ccccc1. The number of hydrogen-bond acceptors (Lipinski definition) is 3. The molecule has 1 aromatic carbocycles. The monoisotopic (exact) mass is 268 g/mol. The molecule has 1 heterocycles. The Morgan fingerprint density at radius 1 is 1.05 bits per heavy atom. The number of amides is 1. The molecule has 100 valence electrons. The number of nitrogens with one attached hydrogen (secondary N) is 1. The number of carbonyl (C=O) groups excluding carboxylic acids is 1. The molecule has 2 N–H and O–H groups in total. The van der Waals surface area contributed by atoms with Gasteiger partial charge in [-0.2, -0.15) is 0 Å². The van der Waals surface area contributed by atoms with Gasteiger partial charge >= 0.3 is 5.97 Å². The molecule has 2 aromatic rings. The van der Waals surface area contributed by atoms with Gasteiger partial charge in [0.25, 0.3) is 5.91 Å². The third kappa shape index (κ3) is 3.52. The molecule has 0 aliphatic rings. The fraction of sp³-hybridized carbons (Fsp3) is 0. The van der Waals surface area contributed by atoms with Gasteiger partial charge in [-0.05, 0) is 35.9 Å². The molecule has 0 saturated carbocycles. The highest BCUT2D eigenvalue weighted by Crippen LogP contribution is 2.06. The maximum Gasteiger partial charge on any atom is 0.352 e. The molecule has 0 saturated heterocycles. The summed E-state index contributed by atoms with van der Waals surface area (Å²) in [6.45, 7) is 0. The maximum absolute atomic E-state index is 11.9. The van der Waals surface area contributed by atoms with Crippen LogP contribution in [0.15, 0.2) is 60.6 Å². The van der Waals surface area contributed by atoms with Crippen molar-refractivity contribution in [3.05, 3.63) is 71.7 Å². The molecule has 0 radical (unpaired) electrons. The number of carboxylic acids is 1. The van der Waals surface area contributed by atoms with E-state index in [1.54, 1.807) is 54.9 Å². The Kier molecular flexibility index (Phi) is 4.24. The van der Waals surface area contributed by atoms with Gasteiger partial charge in [-0.3, -0.25) is 9.78 Å². The number of aliphatic carboxylic acids is 1. The van der Waals surface area contributed by atoms with E-state index in [1.807, 2.05) is 0 Å². The number of aromatic nitrogens is 1. The summed E-state index contributed by atoms with van der Waals surface area (Å²) in [6, 6.07) is 11.7. The first-order chi connectivity index (χ1) is 9.66. The summed E-state index contributed by atoms with van der Waals surface area (Å²) >= 11 is 0. The van der Waals surface area contributed by atoms with E-state index in [4.69, 9.17) is 5.11 Å². The first-order valence-electron chi connectivity index (χ1n) is 5.88. The summed E-state index contributed by atoms with van der Waals surface area (Å²) in [6.07, 6.45) is 4.47. The van der Waals surface area contributed by atoms with Crippen LogP contribution in [0.5, 0.6) is 0 Å². The molecule has 0 atom stereocenters. The van der Waals surface area contributed by atoms with Crippen LogP contribution < -0.4 is 5.32 Å². The highest BCUT2D eigenvalue weighted by Gasteiger charge is 2.12. The third-order valence-electron chi connectivity index (χ3n) is 2.53. The van der Waals surface area contributed by atoms with Crippen molar-refractivity contribution in [1.29, 1.82) is 0 Å². The van der Waals surface area contributed by atoms with Crippen LogP contribution in [0.4, 0.5) is 0 Å². The average Bonchev–Trinajstić information content (AvgIpc) is 2.48. The first kappa shape index (κ1) is 13.5. The lowest BCUT2D eigenvalue weighted by Gasteiger charge is -2.06. The molecule has 0 bridgehead atoms. The number of rotatable bonds is 4. The average molecular weight is 268 g/mol. The van der Waals surface area contributed by atoms with Gasteiger partial charge in [0.05, 0.1) is 0 Å². The zero-order valence-corrected chi connectivity index (χ0v) is 10.5. The molecule has 5 nitrogen and oxygen atoms in total. The van der Waals surface area contributed by atoms with Gasteiger partial charge in [-0.15, -0.1) is 0 Å². The molecule has 5 heteroatoms. The summed E-state index contributed by atoms with van der Waals surface area (Å²) in [7, 11) is 0. The second-order valence-corrected chi connectivity index (χ2v) is 3.96. The van der Waals surface area contributed by atoms with E-state index >= 15 is 0 Å². The van der Waals surface area contributed by atoms with E-state index in [2.05, 4.69) is 10.3 Å². The van der Waals surface area contributed by atoms with Gasteiger partial charge in [0.1, 0.15) is 5.70 Å². The fourth-order valence-electron chi connectivity index (χ4n) is 1.56. The Hall–Kier alpha value is -2.95. The summed E-state index contributed by atoms with van der Waals surface area (Å²) in [5, 5.41) is 11.5. The number of carboxylic acid groups (broad SMARTS) is 1. The number of hydrogen-bond donors (Lipinski definition) is 2. The van der Waals surface area contributed by atoms with Crippen LogP contribution in [-0.2, 0) is 4.79 Å². The Bertz CT molecular complexity index is 637. The predicted molar refractivity (Wildman–Crippen MR) is 73.8 cm³/mol. The van der Waals surface area contributed by atoms with E-state index in [1.165, 1.54) is 6.08 Å². The predicted octanol–water partition coefficient (Wildman–Crippen LogP) is 1.94. The zero-order chi connectivity index (χ0) is 14.4. The summed E-state index contributed by atoms with van der Waals surface area (Å²) in [5.41, 5.74) is 0.852. The standard InChI is InChI=1S/C15H12N2O3/c18-14(12-4-2-1-3-5-12)17-13(15(19)20)10-11-6-8-16-9-7-11/h1-10H,(H,17,18)(H,19,20)/b13-10-. The van der Waals surface area contributed by atoms with Gasteiger partial charge in [-0.25, -0.2) is 4.79 Å². The second kappa shape index (κ2) is 6.29. The van der Waals surface area contributed by atoms with Crippen LogP contribution in [0, 0.1) is 0 Å². The Balaban J connectivity index is 2.21. The van der Waals surface area contributed by atoms with Gasteiger partial charge in [0.2, 0.25) is 0 Å². The summed E-state index contributed by atoms with van der Waals surface area (Å²) in [4.78, 5) is 26.9. The van der Waals surface area contributed by atoms with E-state index in [0.717, 1.165) is 0 Å². The van der Waals surface area contributed by atoms with Crippen LogP contribution in [0.3, 0.4) is 0 Å². The Morgan fingerprint density at radius 3 is 2.30 bits per heavy atom. The van der Waals surface area contributed by atoms with Crippen LogP contribution in [-0.4, -0.2) is 22.0 Å². The van der Waals surface area contributed by atoms with Crippen molar-refractivity contribution in [2.24, 2.45) is 0 Å². The van der Waals surface area contributed by atoms with Crippen molar-refractivity contribution in [1.82, 2.24) is 10.3 Å². The van der Waals surface area contributed by atoms with E-state index < -0.39 is 11.9 Å². The van der Waals surface area contributed by atoms with Crippen LogP contribution >= 0.6 is 0 Å². The van der Waals surface area contributed by atoms with Crippen molar-refractivity contribution in [2.45, 2.75) is 0 Å². The normalized spacial score (nSPS) is 10.9. The number of benzene rings is 1. The van der Waals surface area contributed by atoms with Crippen LogP contribution in [0.2, 0.25) is 0 Å². The quantitative estimate of drug-likeness (QED) is 0.830. The van der Waals surface area contributed by atoms with Gasteiger partial charge in [0.15, 0.2) is 0 Å². The Morgan fingerprint density at radius 2 is 1.70 bits per heavy atom. The third-order valence-corrected chi connectivity index (χ3v) is 2.53. The van der Waals surface area contributed by atoms with Crippen molar-refractivity contribution in [3.8, 4) is 0 Å². The highest BCUT2D eigenvalue weighted by molar-refractivity contribution is 6.02. The molecule has 0 unspecified atom stereocenters. The zero-order valence-electron chi connectivity index (χ0n) is 10.5. The van der Waals surface area contributed by atoms with Crippen molar-refractivity contribution in [2.75, 3.05) is 0 Å². The smallest absolute Gasteiger partial charge is 0.352 e.